The van der Waals surface area contributed by atoms with Gasteiger partial charge in [-0.15, -0.1) is 0 Å². The van der Waals surface area contributed by atoms with Crippen LogP contribution in [-0.2, 0) is 10.3 Å². The van der Waals surface area contributed by atoms with Crippen LogP contribution in [0.25, 0.3) is 0 Å². The molecular formula is C15H13NO4. The Bertz CT molecular complexity index is 656. The number of phenolic OH excluding ortho intramolecular Hbond substituents is 1. The van der Waals surface area contributed by atoms with Crippen LogP contribution in [-0.4, -0.2) is 22.8 Å². The van der Waals surface area contributed by atoms with Gasteiger partial charge in [0.05, 0.1) is 0 Å². The Kier molecular flexibility index (Phi) is 2.75. The molecule has 1 aliphatic heterocycles. The van der Waals surface area contributed by atoms with Crippen LogP contribution >= 0.6 is 0 Å². The van der Waals surface area contributed by atoms with Crippen LogP contribution in [0.1, 0.15) is 5.56 Å². The molecule has 0 aromatic heterocycles. The molecule has 5 heteroatoms. The van der Waals surface area contributed by atoms with Crippen LogP contribution in [0.5, 0.6) is 11.5 Å². The number of aliphatic carboxylic acids is 1. The average Bonchev–Trinajstić information content (AvgIpc) is 2.79. The number of nitrogens with one attached hydrogen (secondary N) is 1. The number of aromatic hydroxyl groups is 1. The molecule has 0 fully saturated rings. The fourth-order valence-electron chi connectivity index (χ4n) is 2.35. The zero-order valence-electron chi connectivity index (χ0n) is 10.5. The highest BCUT2D eigenvalue weighted by atomic mass is 16.5. The molecule has 0 aliphatic carbocycles. The highest BCUT2D eigenvalue weighted by Gasteiger charge is 2.48. The molecular weight excluding hydrogens is 258 g/mol. The molecule has 102 valence electrons. The molecule has 3 N–H and O–H groups in total. The molecule has 5 nitrogen and oxygen atoms in total. The lowest BCUT2D eigenvalue weighted by Gasteiger charge is -2.25. The van der Waals surface area contributed by atoms with Gasteiger partial charge in [-0.3, -0.25) is 0 Å². The van der Waals surface area contributed by atoms with E-state index in [2.05, 4.69) is 5.32 Å². The number of fused-ring (bicyclic) bond motifs is 1. The van der Waals surface area contributed by atoms with Crippen LogP contribution in [0.4, 0.5) is 5.69 Å². The van der Waals surface area contributed by atoms with Crippen molar-refractivity contribution in [3.63, 3.8) is 0 Å². The molecule has 0 spiro atoms. The number of rotatable bonds is 3. The van der Waals surface area contributed by atoms with E-state index >= 15 is 0 Å². The Balaban J connectivity index is 2.06. The number of carboxylic acids is 1. The summed E-state index contributed by atoms with van der Waals surface area (Å²) >= 11 is 0. The van der Waals surface area contributed by atoms with E-state index in [-0.39, 0.29) is 12.4 Å². The van der Waals surface area contributed by atoms with Crippen molar-refractivity contribution in [1.29, 1.82) is 0 Å². The Morgan fingerprint density at radius 1 is 1.20 bits per heavy atom. The monoisotopic (exact) mass is 271 g/mol. The number of hydrogen-bond acceptors (Lipinski definition) is 4. The van der Waals surface area contributed by atoms with Gasteiger partial charge in [-0.1, -0.05) is 18.2 Å². The van der Waals surface area contributed by atoms with Gasteiger partial charge in [0, 0.05) is 17.3 Å². The number of benzene rings is 2. The first-order valence-corrected chi connectivity index (χ1v) is 6.15. The van der Waals surface area contributed by atoms with Crippen molar-refractivity contribution in [2.75, 3.05) is 11.9 Å². The lowest BCUT2D eigenvalue weighted by atomic mass is 9.91. The quantitative estimate of drug-likeness (QED) is 0.797. The van der Waals surface area contributed by atoms with E-state index in [1.807, 2.05) is 18.2 Å². The fraction of sp³-hybridized carbons (Fsp3) is 0.133. The maximum Gasteiger partial charge on any atom is 0.337 e. The average molecular weight is 271 g/mol. The van der Waals surface area contributed by atoms with Crippen molar-refractivity contribution >= 4 is 11.7 Å². The second-order valence-electron chi connectivity index (χ2n) is 4.67. The largest absolute Gasteiger partial charge is 0.508 e. The van der Waals surface area contributed by atoms with Crippen LogP contribution in [0.3, 0.4) is 0 Å². The molecule has 0 radical (unpaired) electrons. The predicted molar refractivity (Wildman–Crippen MR) is 73.0 cm³/mol. The van der Waals surface area contributed by atoms with Gasteiger partial charge in [0.15, 0.2) is 5.54 Å². The first-order chi connectivity index (χ1) is 9.62. The SMILES string of the molecule is O=C(O)C1(Nc2ccccc2)COc2cc(O)ccc21. The van der Waals surface area contributed by atoms with Crippen LogP contribution in [0.15, 0.2) is 48.5 Å². The Morgan fingerprint density at radius 3 is 2.65 bits per heavy atom. The summed E-state index contributed by atoms with van der Waals surface area (Å²) in [7, 11) is 0. The van der Waals surface area contributed by atoms with E-state index < -0.39 is 11.5 Å². The summed E-state index contributed by atoms with van der Waals surface area (Å²) in [4.78, 5) is 11.8. The van der Waals surface area contributed by atoms with Gasteiger partial charge in [0.25, 0.3) is 0 Å². The van der Waals surface area contributed by atoms with Crippen molar-refractivity contribution in [2.24, 2.45) is 0 Å². The minimum atomic E-state index is -1.34. The van der Waals surface area contributed by atoms with Gasteiger partial charge < -0.3 is 20.3 Å². The highest BCUT2D eigenvalue weighted by Crippen LogP contribution is 2.41. The highest BCUT2D eigenvalue weighted by molar-refractivity contribution is 5.87. The van der Waals surface area contributed by atoms with E-state index in [0.717, 1.165) is 0 Å². The van der Waals surface area contributed by atoms with Crippen molar-refractivity contribution in [2.45, 2.75) is 5.54 Å². The molecule has 0 saturated heterocycles. The lowest BCUT2D eigenvalue weighted by molar-refractivity contribution is -0.143. The van der Waals surface area contributed by atoms with Crippen molar-refractivity contribution in [3.05, 3.63) is 54.1 Å². The van der Waals surface area contributed by atoms with Gasteiger partial charge in [-0.25, -0.2) is 4.79 Å². The summed E-state index contributed by atoms with van der Waals surface area (Å²) in [6, 6.07) is 13.5. The molecule has 2 aromatic carbocycles. The number of anilines is 1. The number of carboxylic acid groups (broad SMARTS) is 1. The van der Waals surface area contributed by atoms with Gasteiger partial charge in [-0.05, 0) is 24.3 Å². The molecule has 1 aliphatic rings. The molecule has 20 heavy (non-hydrogen) atoms. The Morgan fingerprint density at radius 2 is 1.95 bits per heavy atom. The maximum absolute atomic E-state index is 11.8. The number of hydrogen-bond donors (Lipinski definition) is 3. The van der Waals surface area contributed by atoms with Crippen LogP contribution in [0, 0.1) is 0 Å². The number of ether oxygens (including phenoxy) is 1. The van der Waals surface area contributed by atoms with E-state index in [4.69, 9.17) is 4.74 Å². The number of para-hydroxylation sites is 1. The first-order valence-electron chi connectivity index (χ1n) is 6.15. The van der Waals surface area contributed by atoms with Crippen LogP contribution in [0.2, 0.25) is 0 Å². The summed E-state index contributed by atoms with van der Waals surface area (Å²) in [5.41, 5.74) is -0.143. The minimum absolute atomic E-state index is 0.0317. The normalized spacial score (nSPS) is 20.0. The topological polar surface area (TPSA) is 78.8 Å². The second kappa shape index (κ2) is 4.45. The molecule has 2 aromatic rings. The van der Waals surface area contributed by atoms with E-state index in [9.17, 15) is 15.0 Å². The summed E-state index contributed by atoms with van der Waals surface area (Å²) < 4.78 is 5.43. The third kappa shape index (κ3) is 1.84. The van der Waals surface area contributed by atoms with Crippen LogP contribution < -0.4 is 10.1 Å². The molecule has 1 unspecified atom stereocenters. The zero-order valence-corrected chi connectivity index (χ0v) is 10.5. The van der Waals surface area contributed by atoms with Gasteiger partial charge in [-0.2, -0.15) is 0 Å². The van der Waals surface area contributed by atoms with Crippen molar-refractivity contribution in [1.82, 2.24) is 0 Å². The van der Waals surface area contributed by atoms with Gasteiger partial charge >= 0.3 is 5.97 Å². The predicted octanol–water partition coefficient (Wildman–Crippen LogP) is 2.18. The lowest BCUT2D eigenvalue weighted by Crippen LogP contribution is -2.45. The fourth-order valence-corrected chi connectivity index (χ4v) is 2.35. The summed E-state index contributed by atoms with van der Waals surface area (Å²) in [6.07, 6.45) is 0. The maximum atomic E-state index is 11.8. The van der Waals surface area contributed by atoms with Gasteiger partial charge in [0.1, 0.15) is 18.1 Å². The van der Waals surface area contributed by atoms with Gasteiger partial charge in [0.2, 0.25) is 0 Å². The van der Waals surface area contributed by atoms with E-state index in [1.54, 1.807) is 18.2 Å². The summed E-state index contributed by atoms with van der Waals surface area (Å²) in [5.74, 6) is -0.591. The summed E-state index contributed by atoms with van der Waals surface area (Å²) in [6.45, 7) is -0.0317. The van der Waals surface area contributed by atoms with Crippen molar-refractivity contribution in [3.8, 4) is 11.5 Å². The molecule has 3 rings (SSSR count). The number of phenols is 1. The second-order valence-corrected chi connectivity index (χ2v) is 4.67. The third-order valence-electron chi connectivity index (χ3n) is 3.37. The Hall–Kier alpha value is -2.69. The molecule has 0 bridgehead atoms. The standard InChI is InChI=1S/C15H13NO4/c17-11-6-7-12-13(8-11)20-9-15(12,14(18)19)16-10-4-2-1-3-5-10/h1-8,16-17H,9H2,(H,18,19). The number of carbonyl (C=O) groups is 1. The molecule has 1 heterocycles. The first kappa shape index (κ1) is 12.3. The van der Waals surface area contributed by atoms with Crippen molar-refractivity contribution < 1.29 is 19.7 Å². The summed E-state index contributed by atoms with van der Waals surface area (Å²) in [5, 5.41) is 22.1. The van der Waals surface area contributed by atoms with E-state index in [0.29, 0.717) is 17.0 Å². The smallest absolute Gasteiger partial charge is 0.337 e. The minimum Gasteiger partial charge on any atom is -0.508 e. The third-order valence-corrected chi connectivity index (χ3v) is 3.37. The molecule has 1 atom stereocenters. The Labute approximate surface area is 115 Å². The zero-order chi connectivity index (χ0) is 14.2. The molecule has 0 saturated carbocycles. The molecule has 0 amide bonds. The van der Waals surface area contributed by atoms with E-state index in [1.165, 1.54) is 12.1 Å².